The number of Topliss-reactive ketones (excluding diaryl/α,β-unsaturated/α-hetero) is 1. The van der Waals surface area contributed by atoms with Crippen molar-refractivity contribution in [2.45, 2.75) is 52.0 Å². The van der Waals surface area contributed by atoms with Crippen LogP contribution in [0.2, 0.25) is 0 Å². The molecule has 0 aliphatic heterocycles. The van der Waals surface area contributed by atoms with Gasteiger partial charge in [0.1, 0.15) is 12.3 Å². The van der Waals surface area contributed by atoms with E-state index in [0.717, 1.165) is 24.0 Å². The molecule has 40 heavy (non-hydrogen) atoms. The van der Waals surface area contributed by atoms with E-state index in [1.165, 1.54) is 6.26 Å². The number of unbranched alkanes of at least 4 members (excludes halogenated alkanes) is 1. The maximum Gasteiger partial charge on any atom is 0.273 e. The minimum atomic E-state index is -0.529. The van der Waals surface area contributed by atoms with E-state index >= 15 is 0 Å². The molecule has 2 atom stereocenters. The molecule has 2 aromatic carbocycles. The van der Waals surface area contributed by atoms with Crippen LogP contribution < -0.4 is 22.1 Å². The average molecular weight is 547 g/mol. The summed E-state index contributed by atoms with van der Waals surface area (Å²) in [6.07, 6.45) is 3.57. The summed E-state index contributed by atoms with van der Waals surface area (Å²) in [5.74, 6) is -0.469. The van der Waals surface area contributed by atoms with Crippen LogP contribution in [-0.4, -0.2) is 41.6 Å². The highest BCUT2D eigenvalue weighted by Crippen LogP contribution is 2.25. The maximum atomic E-state index is 12.8. The largest absolute Gasteiger partial charge is 0.446 e. The lowest BCUT2D eigenvalue weighted by Gasteiger charge is -2.21. The lowest BCUT2D eigenvalue weighted by molar-refractivity contribution is -0.122. The van der Waals surface area contributed by atoms with Crippen molar-refractivity contribution in [3.05, 3.63) is 78.0 Å². The van der Waals surface area contributed by atoms with Gasteiger partial charge in [-0.15, -0.1) is 0 Å². The molecule has 0 spiro atoms. The highest BCUT2D eigenvalue weighted by atomic mass is 16.3. The number of aromatic nitrogens is 1. The van der Waals surface area contributed by atoms with Crippen LogP contribution in [0.1, 0.15) is 78.7 Å². The second-order valence-corrected chi connectivity index (χ2v) is 9.64. The number of hydrogen-bond donors (Lipinski definition) is 4. The van der Waals surface area contributed by atoms with Crippen LogP contribution in [0.4, 0.5) is 0 Å². The molecule has 0 aliphatic rings. The van der Waals surface area contributed by atoms with Gasteiger partial charge < -0.3 is 26.5 Å². The van der Waals surface area contributed by atoms with Crippen LogP contribution in [0, 0.1) is 5.92 Å². The summed E-state index contributed by atoms with van der Waals surface area (Å²) in [5, 5.41) is 5.72. The Hall–Kier alpha value is -4.47. The van der Waals surface area contributed by atoms with E-state index in [0.29, 0.717) is 25.1 Å². The maximum absolute atomic E-state index is 12.8. The Labute approximate surface area is 234 Å². The first-order valence-electron chi connectivity index (χ1n) is 13.6. The number of hydrogen-bond acceptors (Lipinski definition) is 6. The molecule has 1 heterocycles. The molecule has 2 unspecified atom stereocenters. The summed E-state index contributed by atoms with van der Waals surface area (Å²) < 4.78 is 5.59. The summed E-state index contributed by atoms with van der Waals surface area (Å²) in [4.78, 5) is 46.2. The highest BCUT2D eigenvalue weighted by molar-refractivity contribution is 5.98. The van der Waals surface area contributed by atoms with Gasteiger partial charge in [0.15, 0.2) is 17.4 Å². The number of nitrogens with two attached hydrogens (primary N) is 2. The van der Waals surface area contributed by atoms with E-state index in [4.69, 9.17) is 15.9 Å². The molecule has 0 aliphatic carbocycles. The molecule has 10 nitrogen and oxygen atoms in total. The number of oxazole rings is 1. The third-order valence-electron chi connectivity index (χ3n) is 6.61. The normalized spacial score (nSPS) is 12.2. The second-order valence-electron chi connectivity index (χ2n) is 9.64. The average Bonchev–Trinajstić information content (AvgIpc) is 3.46. The monoisotopic (exact) mass is 546 g/mol. The number of carbonyl (C=O) groups is 3. The minimum absolute atomic E-state index is 0.00437. The SMILES string of the molecule is CCC(C)C(NC(=O)CCC(=O)c1ccc(-c2ccccc2)cc1)c1nc(C(=O)NCCCCN=C(N)N)co1. The quantitative estimate of drug-likeness (QED) is 0.0968. The van der Waals surface area contributed by atoms with Crippen molar-refractivity contribution >= 4 is 23.6 Å². The zero-order valence-electron chi connectivity index (χ0n) is 23.1. The fourth-order valence-corrected chi connectivity index (χ4v) is 4.05. The van der Waals surface area contributed by atoms with Gasteiger partial charge in [-0.05, 0) is 29.9 Å². The van der Waals surface area contributed by atoms with Crippen LogP contribution in [-0.2, 0) is 4.79 Å². The van der Waals surface area contributed by atoms with Crippen molar-refractivity contribution in [2.24, 2.45) is 22.4 Å². The molecule has 10 heteroatoms. The lowest BCUT2D eigenvalue weighted by Crippen LogP contribution is -2.33. The first kappa shape index (κ1) is 30.1. The Bertz CT molecular complexity index is 1280. The van der Waals surface area contributed by atoms with Gasteiger partial charge in [0.2, 0.25) is 11.8 Å². The lowest BCUT2D eigenvalue weighted by atomic mass is 9.98. The highest BCUT2D eigenvalue weighted by Gasteiger charge is 2.26. The van der Waals surface area contributed by atoms with Crippen molar-refractivity contribution in [1.29, 1.82) is 0 Å². The molecule has 0 fully saturated rings. The number of aliphatic imine (C=N–C) groups is 1. The van der Waals surface area contributed by atoms with Gasteiger partial charge in [0.25, 0.3) is 5.91 Å². The van der Waals surface area contributed by atoms with E-state index in [9.17, 15) is 14.4 Å². The zero-order valence-corrected chi connectivity index (χ0v) is 23.1. The van der Waals surface area contributed by atoms with Crippen molar-refractivity contribution in [3.63, 3.8) is 0 Å². The first-order valence-corrected chi connectivity index (χ1v) is 13.6. The molecule has 1 aromatic heterocycles. The molecule has 3 aromatic rings. The molecule has 2 amide bonds. The second kappa shape index (κ2) is 15.2. The molecule has 6 N–H and O–H groups in total. The number of carbonyl (C=O) groups excluding carboxylic acids is 3. The summed E-state index contributed by atoms with van der Waals surface area (Å²) in [6.45, 7) is 4.89. The summed E-state index contributed by atoms with van der Waals surface area (Å²) in [5.41, 5.74) is 13.4. The number of rotatable bonds is 15. The van der Waals surface area contributed by atoms with Crippen LogP contribution in [0.25, 0.3) is 11.1 Å². The fraction of sp³-hybridized carbons (Fsp3) is 0.367. The number of amides is 2. The van der Waals surface area contributed by atoms with E-state index in [1.807, 2.05) is 56.3 Å². The summed E-state index contributed by atoms with van der Waals surface area (Å²) in [7, 11) is 0. The number of benzene rings is 2. The zero-order chi connectivity index (χ0) is 28.9. The third kappa shape index (κ3) is 9.07. The number of ketones is 1. The van der Waals surface area contributed by atoms with Crippen molar-refractivity contribution in [2.75, 3.05) is 13.1 Å². The van der Waals surface area contributed by atoms with Crippen molar-refractivity contribution in [3.8, 4) is 11.1 Å². The Kier molecular flexibility index (Phi) is 11.4. The van der Waals surface area contributed by atoms with Gasteiger partial charge in [0.05, 0.1) is 0 Å². The number of guanidine groups is 1. The molecule has 0 bridgehead atoms. The third-order valence-corrected chi connectivity index (χ3v) is 6.61. The van der Waals surface area contributed by atoms with Gasteiger partial charge in [-0.25, -0.2) is 4.98 Å². The molecular formula is C30H38N6O4. The smallest absolute Gasteiger partial charge is 0.273 e. The van der Waals surface area contributed by atoms with Crippen LogP contribution in [0.5, 0.6) is 0 Å². The summed E-state index contributed by atoms with van der Waals surface area (Å²) >= 11 is 0. The van der Waals surface area contributed by atoms with Crippen LogP contribution in [0.15, 0.2) is 70.3 Å². The predicted molar refractivity (Wildman–Crippen MR) is 155 cm³/mol. The van der Waals surface area contributed by atoms with Gasteiger partial charge in [-0.3, -0.25) is 19.4 Å². The van der Waals surface area contributed by atoms with Gasteiger partial charge >= 0.3 is 0 Å². The Balaban J connectivity index is 1.52. The standard InChI is InChI=1S/C30H38N6O4/c1-3-20(2)27(29-35-24(19-40-29)28(39)33-17-7-8-18-34-30(31)32)36-26(38)16-15-25(37)23-13-11-22(12-14-23)21-9-5-4-6-10-21/h4-6,9-14,19-20,27H,3,7-8,15-18H2,1-2H3,(H,33,39)(H,36,38)(H4,31,32,34). The Morgan fingerprint density at radius 1 is 0.975 bits per heavy atom. The van der Waals surface area contributed by atoms with Crippen LogP contribution in [0.3, 0.4) is 0 Å². The van der Waals surface area contributed by atoms with Crippen LogP contribution >= 0.6 is 0 Å². The van der Waals surface area contributed by atoms with E-state index in [1.54, 1.807) is 12.1 Å². The van der Waals surface area contributed by atoms with E-state index in [2.05, 4.69) is 20.6 Å². The molecule has 0 saturated carbocycles. The topological polar surface area (TPSA) is 166 Å². The minimum Gasteiger partial charge on any atom is -0.446 e. The number of nitrogens with zero attached hydrogens (tertiary/aromatic N) is 2. The fourth-order valence-electron chi connectivity index (χ4n) is 4.05. The van der Waals surface area contributed by atoms with E-state index < -0.39 is 6.04 Å². The van der Waals surface area contributed by atoms with Gasteiger partial charge in [0, 0.05) is 31.5 Å². The molecule has 0 radical (unpaired) electrons. The van der Waals surface area contributed by atoms with Gasteiger partial charge in [-0.1, -0.05) is 74.9 Å². The van der Waals surface area contributed by atoms with Crippen molar-refractivity contribution in [1.82, 2.24) is 15.6 Å². The van der Waals surface area contributed by atoms with Crippen molar-refractivity contribution < 1.29 is 18.8 Å². The van der Waals surface area contributed by atoms with Gasteiger partial charge in [-0.2, -0.15) is 0 Å². The first-order chi connectivity index (χ1) is 19.3. The molecular weight excluding hydrogens is 508 g/mol. The molecule has 0 saturated heterocycles. The van der Waals surface area contributed by atoms with E-state index in [-0.39, 0.29) is 53.9 Å². The Morgan fingerprint density at radius 2 is 1.68 bits per heavy atom. The number of nitrogens with one attached hydrogen (secondary N) is 2. The Morgan fingerprint density at radius 3 is 2.35 bits per heavy atom. The molecule has 212 valence electrons. The predicted octanol–water partition coefficient (Wildman–Crippen LogP) is 3.99. The summed E-state index contributed by atoms with van der Waals surface area (Å²) in [6, 6.07) is 16.8. The molecule has 3 rings (SSSR count).